The smallest absolute Gasteiger partial charge is 0.267 e. The largest absolute Gasteiger partial charge is 0.338 e. The van der Waals surface area contributed by atoms with E-state index < -0.39 is 15.7 Å². The molecule has 0 N–H and O–H groups in total. The fourth-order valence-corrected chi connectivity index (χ4v) is 5.13. The Kier molecular flexibility index (Phi) is 4.30. The van der Waals surface area contributed by atoms with E-state index in [1.165, 1.54) is 6.20 Å². The van der Waals surface area contributed by atoms with Crippen LogP contribution in [-0.4, -0.2) is 32.3 Å². The predicted octanol–water partition coefficient (Wildman–Crippen LogP) is 3.69. The summed E-state index contributed by atoms with van der Waals surface area (Å²) in [6.45, 7) is 5.27. The van der Waals surface area contributed by atoms with Gasteiger partial charge in [-0.05, 0) is 62.1 Å². The SMILES string of the molecule is Cc1ccc(N2C=C(C(=O)N3CCCC3)S(=O)(=O)c3ccccc32)cc1C. The van der Waals surface area contributed by atoms with Crippen LogP contribution in [0.1, 0.15) is 24.0 Å². The summed E-state index contributed by atoms with van der Waals surface area (Å²) in [5, 5.41) is 0. The predicted molar refractivity (Wildman–Crippen MR) is 106 cm³/mol. The van der Waals surface area contributed by atoms with Crippen LogP contribution in [-0.2, 0) is 14.6 Å². The molecule has 4 rings (SSSR count). The van der Waals surface area contributed by atoms with Crippen molar-refractivity contribution in [3.63, 3.8) is 0 Å². The van der Waals surface area contributed by atoms with Crippen molar-refractivity contribution in [2.75, 3.05) is 18.0 Å². The van der Waals surface area contributed by atoms with E-state index in [1.807, 2.05) is 43.0 Å². The number of benzene rings is 2. The van der Waals surface area contributed by atoms with Gasteiger partial charge in [-0.15, -0.1) is 0 Å². The van der Waals surface area contributed by atoms with Gasteiger partial charge in [0.25, 0.3) is 5.91 Å². The van der Waals surface area contributed by atoms with Gasteiger partial charge in [-0.1, -0.05) is 18.2 Å². The molecule has 2 aromatic rings. The van der Waals surface area contributed by atoms with Crippen LogP contribution in [0.25, 0.3) is 0 Å². The Morgan fingerprint density at radius 1 is 0.963 bits per heavy atom. The first-order valence-electron chi connectivity index (χ1n) is 9.11. The lowest BCUT2D eigenvalue weighted by atomic mass is 10.1. The molecule has 1 saturated heterocycles. The monoisotopic (exact) mass is 382 g/mol. The van der Waals surface area contributed by atoms with Crippen molar-refractivity contribution < 1.29 is 13.2 Å². The lowest BCUT2D eigenvalue weighted by Crippen LogP contribution is -2.35. The normalized spacial score (nSPS) is 18.2. The Morgan fingerprint density at radius 3 is 2.37 bits per heavy atom. The topological polar surface area (TPSA) is 57.7 Å². The molecule has 2 aliphatic rings. The van der Waals surface area contributed by atoms with Crippen molar-refractivity contribution in [2.45, 2.75) is 31.6 Å². The van der Waals surface area contributed by atoms with Gasteiger partial charge in [0.05, 0.1) is 10.6 Å². The van der Waals surface area contributed by atoms with Gasteiger partial charge in [0.15, 0.2) is 4.91 Å². The maximum Gasteiger partial charge on any atom is 0.267 e. The molecular formula is C21H22N2O3S. The van der Waals surface area contributed by atoms with Crippen molar-refractivity contribution in [2.24, 2.45) is 0 Å². The van der Waals surface area contributed by atoms with Gasteiger partial charge >= 0.3 is 0 Å². The highest BCUT2D eigenvalue weighted by Gasteiger charge is 2.38. The Morgan fingerprint density at radius 2 is 1.67 bits per heavy atom. The molecule has 2 aromatic carbocycles. The number of hydrogen-bond donors (Lipinski definition) is 0. The van der Waals surface area contributed by atoms with Crippen LogP contribution in [0.2, 0.25) is 0 Å². The van der Waals surface area contributed by atoms with Crippen molar-refractivity contribution in [1.82, 2.24) is 4.90 Å². The van der Waals surface area contributed by atoms with Crippen LogP contribution < -0.4 is 4.90 Å². The third-order valence-electron chi connectivity index (χ3n) is 5.32. The zero-order valence-corrected chi connectivity index (χ0v) is 16.3. The second kappa shape index (κ2) is 6.53. The molecule has 0 saturated carbocycles. The molecule has 27 heavy (non-hydrogen) atoms. The van der Waals surface area contributed by atoms with Crippen LogP contribution in [0.15, 0.2) is 58.5 Å². The molecule has 0 aliphatic carbocycles. The zero-order chi connectivity index (χ0) is 19.2. The van der Waals surface area contributed by atoms with E-state index in [-0.39, 0.29) is 9.80 Å². The van der Waals surface area contributed by atoms with E-state index in [2.05, 4.69) is 0 Å². The van der Waals surface area contributed by atoms with Crippen LogP contribution in [0.4, 0.5) is 11.4 Å². The van der Waals surface area contributed by atoms with Crippen molar-refractivity contribution in [3.8, 4) is 0 Å². The molecule has 1 fully saturated rings. The fraction of sp³-hybridized carbons (Fsp3) is 0.286. The average molecular weight is 382 g/mol. The number of nitrogens with zero attached hydrogens (tertiary/aromatic N) is 2. The molecule has 0 radical (unpaired) electrons. The Hall–Kier alpha value is -2.60. The molecule has 5 nitrogen and oxygen atoms in total. The van der Waals surface area contributed by atoms with Crippen LogP contribution in [0.5, 0.6) is 0 Å². The Labute approximate surface area is 159 Å². The average Bonchev–Trinajstić information content (AvgIpc) is 3.19. The highest BCUT2D eigenvalue weighted by Crippen LogP contribution is 2.40. The highest BCUT2D eigenvalue weighted by atomic mass is 32.2. The van der Waals surface area contributed by atoms with Gasteiger partial charge in [-0.2, -0.15) is 0 Å². The number of rotatable bonds is 2. The number of carbonyl (C=O) groups excluding carboxylic acids is 1. The molecule has 2 heterocycles. The summed E-state index contributed by atoms with van der Waals surface area (Å²) in [5.41, 5.74) is 3.68. The van der Waals surface area contributed by atoms with E-state index in [9.17, 15) is 13.2 Å². The lowest BCUT2D eigenvalue weighted by molar-refractivity contribution is -0.125. The van der Waals surface area contributed by atoms with Gasteiger partial charge in [-0.25, -0.2) is 8.42 Å². The quantitative estimate of drug-likeness (QED) is 0.795. The second-order valence-corrected chi connectivity index (χ2v) is 8.99. The number of anilines is 2. The number of aryl methyl sites for hydroxylation is 2. The molecule has 0 atom stereocenters. The first kappa shape index (κ1) is 17.8. The van der Waals surface area contributed by atoms with Gasteiger partial charge in [0, 0.05) is 25.0 Å². The molecule has 0 bridgehead atoms. The van der Waals surface area contributed by atoms with E-state index in [1.54, 1.807) is 23.1 Å². The summed E-state index contributed by atoms with van der Waals surface area (Å²) in [7, 11) is -3.85. The number of amides is 1. The molecular weight excluding hydrogens is 360 g/mol. The number of fused-ring (bicyclic) bond motifs is 1. The summed E-state index contributed by atoms with van der Waals surface area (Å²) in [6, 6.07) is 12.8. The van der Waals surface area contributed by atoms with Gasteiger partial charge in [-0.3, -0.25) is 4.79 Å². The lowest BCUT2D eigenvalue weighted by Gasteiger charge is -2.30. The minimum Gasteiger partial charge on any atom is -0.338 e. The van der Waals surface area contributed by atoms with Crippen molar-refractivity contribution in [1.29, 1.82) is 0 Å². The number of sulfone groups is 1. The summed E-state index contributed by atoms with van der Waals surface area (Å²) >= 11 is 0. The number of hydrogen-bond acceptors (Lipinski definition) is 4. The molecule has 140 valence electrons. The Balaban J connectivity index is 1.89. The summed E-state index contributed by atoms with van der Waals surface area (Å²) in [4.78, 5) is 16.4. The molecule has 0 unspecified atom stereocenters. The number of para-hydroxylation sites is 1. The van der Waals surface area contributed by atoms with E-state index in [0.717, 1.165) is 29.7 Å². The second-order valence-electron chi connectivity index (χ2n) is 7.10. The zero-order valence-electron chi connectivity index (χ0n) is 15.5. The third-order valence-corrected chi connectivity index (χ3v) is 7.11. The first-order chi connectivity index (χ1) is 12.9. The standard InChI is InChI=1S/C21H22N2O3S/c1-15-9-10-17(13-16(15)2)23-14-20(21(24)22-11-5-6-12-22)27(25,26)19-8-4-3-7-18(19)23/h3-4,7-10,13-14H,5-6,11-12H2,1-2H3. The Bertz CT molecular complexity index is 1050. The van der Waals surface area contributed by atoms with Gasteiger partial charge in [0.1, 0.15) is 0 Å². The van der Waals surface area contributed by atoms with Gasteiger partial charge < -0.3 is 9.80 Å². The minimum absolute atomic E-state index is 0.152. The van der Waals surface area contributed by atoms with E-state index in [4.69, 9.17) is 0 Å². The maximum atomic E-state index is 13.2. The first-order valence-corrected chi connectivity index (χ1v) is 10.6. The third kappa shape index (κ3) is 2.94. The van der Waals surface area contributed by atoms with Gasteiger partial charge in [0.2, 0.25) is 9.84 Å². The molecule has 1 amide bonds. The number of carbonyl (C=O) groups is 1. The van der Waals surface area contributed by atoms with E-state index in [0.29, 0.717) is 18.8 Å². The summed E-state index contributed by atoms with van der Waals surface area (Å²) in [5.74, 6) is -0.407. The van der Waals surface area contributed by atoms with E-state index >= 15 is 0 Å². The summed E-state index contributed by atoms with van der Waals surface area (Å²) in [6.07, 6.45) is 3.31. The van der Waals surface area contributed by atoms with Crippen LogP contribution >= 0.6 is 0 Å². The fourth-order valence-electron chi connectivity index (χ4n) is 3.59. The van der Waals surface area contributed by atoms with Crippen molar-refractivity contribution in [3.05, 3.63) is 64.7 Å². The maximum absolute atomic E-state index is 13.2. The molecule has 0 spiro atoms. The summed E-state index contributed by atoms with van der Waals surface area (Å²) < 4.78 is 26.3. The molecule has 2 aliphatic heterocycles. The van der Waals surface area contributed by atoms with Crippen LogP contribution in [0, 0.1) is 13.8 Å². The molecule has 6 heteroatoms. The molecule has 0 aromatic heterocycles. The highest BCUT2D eigenvalue weighted by molar-refractivity contribution is 7.96. The van der Waals surface area contributed by atoms with Crippen molar-refractivity contribution >= 4 is 27.1 Å². The van der Waals surface area contributed by atoms with Crippen LogP contribution in [0.3, 0.4) is 0 Å². The number of likely N-dealkylation sites (tertiary alicyclic amines) is 1. The minimum atomic E-state index is -3.85.